The lowest BCUT2D eigenvalue weighted by Crippen LogP contribution is -2.21. The van der Waals surface area contributed by atoms with Crippen molar-refractivity contribution in [2.75, 3.05) is 6.61 Å². The Balaban J connectivity index is 3.08. The zero-order valence-corrected chi connectivity index (χ0v) is 10.5. The summed E-state index contributed by atoms with van der Waals surface area (Å²) < 4.78 is 4.90. The molecular formula is C12H16N2O3. The number of hydrazone groups is 1. The molecule has 0 spiro atoms. The fraction of sp³-hybridized carbons (Fsp3) is 0.417. The third-order valence-electron chi connectivity index (χ3n) is 2.29. The van der Waals surface area contributed by atoms with Gasteiger partial charge in [-0.25, -0.2) is 4.79 Å². The van der Waals surface area contributed by atoms with Crippen LogP contribution in [0.3, 0.4) is 0 Å². The van der Waals surface area contributed by atoms with E-state index in [0.29, 0.717) is 17.9 Å². The number of nitrogens with one attached hydrogen (secondary N) is 1. The maximum atomic E-state index is 11.6. The lowest BCUT2D eigenvalue weighted by atomic mass is 10.1. The normalized spacial score (nSPS) is 15.5. The molecule has 0 aromatic rings. The van der Waals surface area contributed by atoms with E-state index < -0.39 is 5.97 Å². The second kappa shape index (κ2) is 5.43. The molecule has 1 aliphatic rings. The van der Waals surface area contributed by atoms with Crippen LogP contribution in [0.1, 0.15) is 27.7 Å². The van der Waals surface area contributed by atoms with Crippen molar-refractivity contribution in [3.63, 3.8) is 0 Å². The molecule has 0 bridgehead atoms. The Labute approximate surface area is 100 Å². The van der Waals surface area contributed by atoms with Gasteiger partial charge in [0.25, 0.3) is 0 Å². The van der Waals surface area contributed by atoms with Crippen LogP contribution in [-0.2, 0) is 14.3 Å². The van der Waals surface area contributed by atoms with Crippen LogP contribution in [0.25, 0.3) is 0 Å². The highest BCUT2D eigenvalue weighted by Crippen LogP contribution is 2.13. The number of esters is 1. The molecule has 0 fully saturated rings. The molecule has 1 N–H and O–H groups in total. The molecule has 0 aromatic heterocycles. The van der Waals surface area contributed by atoms with Crippen LogP contribution in [0.4, 0.5) is 0 Å². The summed E-state index contributed by atoms with van der Waals surface area (Å²) in [6.07, 6.45) is 1.74. The van der Waals surface area contributed by atoms with Crippen molar-refractivity contribution in [2.45, 2.75) is 27.7 Å². The standard InChI is InChI=1S/C12H16N2O3/c1-5-17-12(16)11-8(3)6-7(2)10(9(4)15)13-14-11/h6,14H,5H2,1-4H3. The predicted molar refractivity (Wildman–Crippen MR) is 64.3 cm³/mol. The molecule has 5 heteroatoms. The van der Waals surface area contributed by atoms with E-state index in [9.17, 15) is 9.59 Å². The Morgan fingerprint density at radius 1 is 1.41 bits per heavy atom. The monoisotopic (exact) mass is 236 g/mol. The molecule has 0 saturated heterocycles. The predicted octanol–water partition coefficient (Wildman–Crippen LogP) is 1.32. The highest BCUT2D eigenvalue weighted by Gasteiger charge is 2.18. The maximum Gasteiger partial charge on any atom is 0.356 e. The van der Waals surface area contributed by atoms with Crippen molar-refractivity contribution in [3.8, 4) is 0 Å². The van der Waals surface area contributed by atoms with Crippen molar-refractivity contribution in [1.82, 2.24) is 5.43 Å². The van der Waals surface area contributed by atoms with Crippen molar-refractivity contribution < 1.29 is 14.3 Å². The van der Waals surface area contributed by atoms with Crippen molar-refractivity contribution in [1.29, 1.82) is 0 Å². The lowest BCUT2D eigenvalue weighted by molar-refractivity contribution is -0.139. The van der Waals surface area contributed by atoms with Gasteiger partial charge in [0.05, 0.1) is 6.61 Å². The van der Waals surface area contributed by atoms with Crippen LogP contribution in [-0.4, -0.2) is 24.1 Å². The van der Waals surface area contributed by atoms with Gasteiger partial charge in [-0.15, -0.1) is 0 Å². The first kappa shape index (κ1) is 13.2. The molecule has 5 nitrogen and oxygen atoms in total. The van der Waals surface area contributed by atoms with Crippen LogP contribution in [0.15, 0.2) is 28.0 Å². The van der Waals surface area contributed by atoms with E-state index in [2.05, 4.69) is 10.5 Å². The van der Waals surface area contributed by atoms with Gasteiger partial charge < -0.3 is 4.74 Å². The molecule has 0 radical (unpaired) electrons. The fourth-order valence-corrected chi connectivity index (χ4v) is 1.52. The SMILES string of the molecule is CCOC(=O)C1=C(C)C=C(C)C(C(C)=O)=NN1. The number of ether oxygens (including phenoxy) is 1. The third kappa shape index (κ3) is 3.03. The Kier molecular flexibility index (Phi) is 4.20. The van der Waals surface area contributed by atoms with Gasteiger partial charge in [-0.05, 0) is 31.9 Å². The van der Waals surface area contributed by atoms with Crippen molar-refractivity contribution in [2.24, 2.45) is 5.10 Å². The second-order valence-electron chi connectivity index (χ2n) is 3.73. The number of nitrogens with zero attached hydrogens (tertiary/aromatic N) is 1. The van der Waals surface area contributed by atoms with E-state index in [1.165, 1.54) is 6.92 Å². The number of allylic oxidation sites excluding steroid dienone is 3. The number of carbonyl (C=O) groups excluding carboxylic acids is 2. The zero-order valence-electron chi connectivity index (χ0n) is 10.5. The maximum absolute atomic E-state index is 11.6. The summed E-state index contributed by atoms with van der Waals surface area (Å²) in [4.78, 5) is 22.9. The highest BCUT2D eigenvalue weighted by molar-refractivity contribution is 6.45. The Morgan fingerprint density at radius 3 is 2.59 bits per heavy atom. The van der Waals surface area contributed by atoms with Gasteiger partial charge in [0, 0.05) is 6.92 Å². The van der Waals surface area contributed by atoms with Crippen LogP contribution < -0.4 is 5.43 Å². The van der Waals surface area contributed by atoms with E-state index in [1.54, 1.807) is 26.8 Å². The van der Waals surface area contributed by atoms with Crippen LogP contribution in [0.2, 0.25) is 0 Å². The topological polar surface area (TPSA) is 67.8 Å². The van der Waals surface area contributed by atoms with E-state index in [4.69, 9.17) is 4.74 Å². The number of carbonyl (C=O) groups is 2. The van der Waals surface area contributed by atoms with Gasteiger partial charge in [-0.3, -0.25) is 10.2 Å². The Bertz CT molecular complexity index is 445. The van der Waals surface area contributed by atoms with Crippen LogP contribution >= 0.6 is 0 Å². The molecule has 17 heavy (non-hydrogen) atoms. The van der Waals surface area contributed by atoms with Gasteiger partial charge >= 0.3 is 5.97 Å². The fourth-order valence-electron chi connectivity index (χ4n) is 1.52. The summed E-state index contributed by atoms with van der Waals surface area (Å²) in [6, 6.07) is 0. The molecule has 0 saturated carbocycles. The average molecular weight is 236 g/mol. The van der Waals surface area contributed by atoms with Gasteiger partial charge in [0.1, 0.15) is 11.4 Å². The minimum Gasteiger partial charge on any atom is -0.461 e. The van der Waals surface area contributed by atoms with Crippen molar-refractivity contribution in [3.05, 3.63) is 22.9 Å². The van der Waals surface area contributed by atoms with Crippen LogP contribution in [0.5, 0.6) is 0 Å². The number of Topliss-reactive ketones (excluding diaryl/α,β-unsaturated/α-hetero) is 1. The molecule has 0 aromatic carbocycles. The molecule has 0 atom stereocenters. The van der Waals surface area contributed by atoms with Crippen LogP contribution in [0, 0.1) is 0 Å². The summed E-state index contributed by atoms with van der Waals surface area (Å²) in [5, 5.41) is 3.93. The molecule has 1 aliphatic heterocycles. The van der Waals surface area contributed by atoms with Gasteiger partial charge in [0.2, 0.25) is 0 Å². The number of hydrogen-bond acceptors (Lipinski definition) is 5. The minimum atomic E-state index is -0.470. The molecule has 92 valence electrons. The third-order valence-corrected chi connectivity index (χ3v) is 2.29. The van der Waals surface area contributed by atoms with Gasteiger partial charge in [-0.2, -0.15) is 5.10 Å². The summed E-state index contributed by atoms with van der Waals surface area (Å²) >= 11 is 0. The summed E-state index contributed by atoms with van der Waals surface area (Å²) in [7, 11) is 0. The van der Waals surface area contributed by atoms with E-state index >= 15 is 0 Å². The summed E-state index contributed by atoms with van der Waals surface area (Å²) in [5.41, 5.74) is 4.61. The Morgan fingerprint density at radius 2 is 2.06 bits per heavy atom. The molecule has 0 aliphatic carbocycles. The smallest absolute Gasteiger partial charge is 0.356 e. The zero-order chi connectivity index (χ0) is 13.0. The molecule has 1 heterocycles. The molecule has 0 amide bonds. The Hall–Kier alpha value is -1.91. The lowest BCUT2D eigenvalue weighted by Gasteiger charge is -2.06. The number of hydrogen-bond donors (Lipinski definition) is 1. The van der Waals surface area contributed by atoms with E-state index in [1.807, 2.05) is 0 Å². The second-order valence-corrected chi connectivity index (χ2v) is 3.73. The first-order valence-corrected chi connectivity index (χ1v) is 5.38. The first-order valence-electron chi connectivity index (χ1n) is 5.38. The first-order chi connectivity index (χ1) is 7.97. The molecule has 1 rings (SSSR count). The minimum absolute atomic E-state index is 0.149. The summed E-state index contributed by atoms with van der Waals surface area (Å²) in [6.45, 7) is 7.00. The van der Waals surface area contributed by atoms with E-state index in [0.717, 1.165) is 5.57 Å². The number of ketones is 1. The van der Waals surface area contributed by atoms with E-state index in [-0.39, 0.29) is 11.5 Å². The quantitative estimate of drug-likeness (QED) is 0.750. The van der Waals surface area contributed by atoms with Gasteiger partial charge in [-0.1, -0.05) is 6.08 Å². The number of rotatable bonds is 3. The highest BCUT2D eigenvalue weighted by atomic mass is 16.5. The average Bonchev–Trinajstić information content (AvgIpc) is 2.36. The largest absolute Gasteiger partial charge is 0.461 e. The summed E-state index contributed by atoms with van der Waals surface area (Å²) in [5.74, 6) is -0.619. The molecular weight excluding hydrogens is 220 g/mol. The van der Waals surface area contributed by atoms with Crippen molar-refractivity contribution >= 4 is 17.5 Å². The molecule has 0 unspecified atom stereocenters. The van der Waals surface area contributed by atoms with Gasteiger partial charge in [0.15, 0.2) is 5.78 Å².